The van der Waals surface area contributed by atoms with Gasteiger partial charge in [-0.2, -0.15) is 0 Å². The van der Waals surface area contributed by atoms with Crippen LogP contribution in [0.25, 0.3) is 0 Å². The van der Waals surface area contributed by atoms with Crippen LogP contribution in [0.3, 0.4) is 0 Å². The summed E-state index contributed by atoms with van der Waals surface area (Å²) in [6.07, 6.45) is 6.81. The molecule has 6 heteroatoms. The molecule has 30 heavy (non-hydrogen) atoms. The van der Waals surface area contributed by atoms with Gasteiger partial charge in [0.05, 0.1) is 24.9 Å². The first-order valence-electron chi connectivity index (χ1n) is 11.9. The van der Waals surface area contributed by atoms with E-state index < -0.39 is 17.5 Å². The largest absolute Gasteiger partial charge is 0.508 e. The summed E-state index contributed by atoms with van der Waals surface area (Å²) in [7, 11) is 0. The Labute approximate surface area is 180 Å². The van der Waals surface area contributed by atoms with Crippen molar-refractivity contribution in [2.45, 2.75) is 103 Å². The van der Waals surface area contributed by atoms with Gasteiger partial charge in [0.25, 0.3) is 0 Å². The molecule has 3 heterocycles. The summed E-state index contributed by atoms with van der Waals surface area (Å²) >= 11 is 0. The molecule has 0 aromatic carbocycles. The molecule has 3 aliphatic heterocycles. The van der Waals surface area contributed by atoms with Crippen molar-refractivity contribution in [1.29, 1.82) is 0 Å². The van der Waals surface area contributed by atoms with Gasteiger partial charge in [-0.1, -0.05) is 20.8 Å². The lowest BCUT2D eigenvalue weighted by Gasteiger charge is -2.67. The van der Waals surface area contributed by atoms with E-state index in [-0.39, 0.29) is 22.5 Å². The second-order valence-corrected chi connectivity index (χ2v) is 11.6. The second kappa shape index (κ2) is 6.58. The summed E-state index contributed by atoms with van der Waals surface area (Å²) < 4.78 is 30.4. The smallest absolute Gasteiger partial charge is 0.434 e. The number of ether oxygens (including phenoxy) is 5. The van der Waals surface area contributed by atoms with Gasteiger partial charge < -0.3 is 23.7 Å². The van der Waals surface area contributed by atoms with Crippen molar-refractivity contribution in [3.05, 3.63) is 0 Å². The van der Waals surface area contributed by atoms with E-state index in [2.05, 4.69) is 20.8 Å². The molecule has 3 saturated heterocycles. The molecule has 5 fully saturated rings. The molecule has 5 rings (SSSR count). The summed E-state index contributed by atoms with van der Waals surface area (Å²) in [5, 5.41) is 0. The standard InChI is InChI=1S/C24H38O6/c1-16-6-7-17-21(4)14-28-20(2,3)29-18(21)8-9-22(17,5)24(16)11-10-23(30-24)12-13-26-19(25)27-15-23/h16-18H,6-15H2,1-5H3/t16-,17-,18+,21+,22+,23+,24+/m1/s1. The number of carbonyl (C=O) groups excluding carboxylic acids is 1. The van der Waals surface area contributed by atoms with E-state index in [0.717, 1.165) is 38.7 Å². The Bertz CT molecular complexity index is 722. The van der Waals surface area contributed by atoms with E-state index in [1.807, 2.05) is 13.8 Å². The average Bonchev–Trinajstić information content (AvgIpc) is 2.97. The van der Waals surface area contributed by atoms with Gasteiger partial charge in [0.15, 0.2) is 5.79 Å². The van der Waals surface area contributed by atoms with Crippen molar-refractivity contribution in [3.63, 3.8) is 0 Å². The van der Waals surface area contributed by atoms with E-state index in [0.29, 0.717) is 31.5 Å². The summed E-state index contributed by atoms with van der Waals surface area (Å²) in [6, 6.07) is 0. The minimum atomic E-state index is -0.565. The molecule has 0 aromatic rings. The quantitative estimate of drug-likeness (QED) is 0.521. The molecule has 0 bridgehead atoms. The number of hydrogen-bond acceptors (Lipinski definition) is 6. The highest BCUT2D eigenvalue weighted by Gasteiger charge is 2.70. The fourth-order valence-electron chi connectivity index (χ4n) is 7.90. The first kappa shape index (κ1) is 21.0. The molecule has 2 aliphatic carbocycles. The summed E-state index contributed by atoms with van der Waals surface area (Å²) in [6.45, 7) is 12.7. The summed E-state index contributed by atoms with van der Waals surface area (Å²) in [5.41, 5.74) is -0.573. The van der Waals surface area contributed by atoms with E-state index in [9.17, 15) is 4.79 Å². The van der Waals surface area contributed by atoms with Gasteiger partial charge in [0.1, 0.15) is 12.2 Å². The van der Waals surface area contributed by atoms with Crippen LogP contribution in [-0.4, -0.2) is 49.1 Å². The predicted octanol–water partition coefficient (Wildman–Crippen LogP) is 4.84. The molecule has 0 unspecified atom stereocenters. The van der Waals surface area contributed by atoms with Crippen LogP contribution in [-0.2, 0) is 23.7 Å². The van der Waals surface area contributed by atoms with Crippen LogP contribution in [0.2, 0.25) is 0 Å². The number of hydrogen-bond donors (Lipinski definition) is 0. The lowest BCUT2D eigenvalue weighted by molar-refractivity contribution is -0.359. The maximum atomic E-state index is 11.7. The first-order valence-corrected chi connectivity index (χ1v) is 11.9. The Morgan fingerprint density at radius 1 is 0.900 bits per heavy atom. The minimum absolute atomic E-state index is 0.00615. The Kier molecular flexibility index (Phi) is 4.61. The molecule has 0 N–H and O–H groups in total. The molecule has 6 nitrogen and oxygen atoms in total. The van der Waals surface area contributed by atoms with Crippen molar-refractivity contribution in [2.24, 2.45) is 22.7 Å². The van der Waals surface area contributed by atoms with Crippen LogP contribution in [0.4, 0.5) is 4.79 Å². The molecule has 2 spiro atoms. The third kappa shape index (κ3) is 2.82. The SMILES string of the molecule is C[C@@H]1CC[C@@H]2[C@]3(C)COC(C)(C)O[C@H]3CC[C@]2(C)[C@]12CC[C@@]1(CCOC(=O)OC1)O2. The molecule has 2 saturated carbocycles. The topological polar surface area (TPSA) is 63.2 Å². The monoisotopic (exact) mass is 422 g/mol. The van der Waals surface area contributed by atoms with Crippen LogP contribution in [0.15, 0.2) is 0 Å². The fraction of sp³-hybridized carbons (Fsp3) is 0.958. The highest BCUT2D eigenvalue weighted by molar-refractivity contribution is 5.60. The highest BCUT2D eigenvalue weighted by atomic mass is 16.7. The normalized spacial score (nSPS) is 52.8. The van der Waals surface area contributed by atoms with Crippen molar-refractivity contribution in [1.82, 2.24) is 0 Å². The van der Waals surface area contributed by atoms with Gasteiger partial charge in [-0.15, -0.1) is 0 Å². The average molecular weight is 423 g/mol. The van der Waals surface area contributed by atoms with Gasteiger partial charge in [-0.25, -0.2) is 4.79 Å². The van der Waals surface area contributed by atoms with Gasteiger partial charge in [0, 0.05) is 17.3 Å². The van der Waals surface area contributed by atoms with E-state index in [1.165, 1.54) is 6.42 Å². The van der Waals surface area contributed by atoms with Crippen LogP contribution >= 0.6 is 0 Å². The molecule has 0 aromatic heterocycles. The third-order valence-corrected chi connectivity index (χ3v) is 9.62. The fourth-order valence-corrected chi connectivity index (χ4v) is 7.90. The third-order valence-electron chi connectivity index (χ3n) is 9.62. The molecule has 5 aliphatic rings. The van der Waals surface area contributed by atoms with Crippen molar-refractivity contribution in [3.8, 4) is 0 Å². The van der Waals surface area contributed by atoms with Crippen molar-refractivity contribution < 1.29 is 28.5 Å². The van der Waals surface area contributed by atoms with Crippen LogP contribution in [0, 0.1) is 22.7 Å². The van der Waals surface area contributed by atoms with E-state index in [1.54, 1.807) is 0 Å². The van der Waals surface area contributed by atoms with Crippen LogP contribution < -0.4 is 0 Å². The lowest BCUT2D eigenvalue weighted by Crippen LogP contribution is -2.69. The van der Waals surface area contributed by atoms with Crippen molar-refractivity contribution in [2.75, 3.05) is 19.8 Å². The highest BCUT2D eigenvalue weighted by Crippen LogP contribution is 2.69. The lowest BCUT2D eigenvalue weighted by atomic mass is 9.43. The second-order valence-electron chi connectivity index (χ2n) is 11.6. The number of carbonyl (C=O) groups is 1. The molecular weight excluding hydrogens is 384 g/mol. The van der Waals surface area contributed by atoms with Gasteiger partial charge >= 0.3 is 6.16 Å². The Morgan fingerprint density at radius 3 is 2.50 bits per heavy atom. The molecule has 0 radical (unpaired) electrons. The van der Waals surface area contributed by atoms with Crippen molar-refractivity contribution >= 4 is 6.16 Å². The summed E-state index contributed by atoms with van der Waals surface area (Å²) in [5.74, 6) is 0.450. The Balaban J connectivity index is 1.48. The predicted molar refractivity (Wildman–Crippen MR) is 110 cm³/mol. The maximum absolute atomic E-state index is 11.7. The number of rotatable bonds is 0. The van der Waals surface area contributed by atoms with Gasteiger partial charge in [-0.3, -0.25) is 0 Å². The molecular formula is C24H38O6. The van der Waals surface area contributed by atoms with E-state index >= 15 is 0 Å². The van der Waals surface area contributed by atoms with Gasteiger partial charge in [-0.05, 0) is 64.2 Å². The number of fused-ring (bicyclic) bond motifs is 4. The zero-order chi connectivity index (χ0) is 21.4. The zero-order valence-electron chi connectivity index (χ0n) is 19.3. The molecule has 170 valence electrons. The molecule has 0 amide bonds. The van der Waals surface area contributed by atoms with Crippen LogP contribution in [0.1, 0.15) is 79.6 Å². The minimum Gasteiger partial charge on any atom is -0.434 e. The number of cyclic esters (lactones) is 2. The molecule has 7 atom stereocenters. The Hall–Kier alpha value is -0.850. The zero-order valence-corrected chi connectivity index (χ0v) is 19.3. The first-order chi connectivity index (χ1) is 14.0. The Morgan fingerprint density at radius 2 is 1.70 bits per heavy atom. The van der Waals surface area contributed by atoms with Gasteiger partial charge in [0.2, 0.25) is 0 Å². The van der Waals surface area contributed by atoms with Crippen LogP contribution in [0.5, 0.6) is 0 Å². The maximum Gasteiger partial charge on any atom is 0.508 e. The summed E-state index contributed by atoms with van der Waals surface area (Å²) in [4.78, 5) is 11.7. The van der Waals surface area contributed by atoms with E-state index in [4.69, 9.17) is 23.7 Å².